The van der Waals surface area contributed by atoms with E-state index in [2.05, 4.69) is 0 Å². The van der Waals surface area contributed by atoms with E-state index in [-0.39, 0.29) is 23.5 Å². The molecule has 2 aromatic rings. The highest BCUT2D eigenvalue weighted by molar-refractivity contribution is 8.26. The molecule has 5 nitrogen and oxygen atoms in total. The van der Waals surface area contributed by atoms with Crippen molar-refractivity contribution in [1.29, 1.82) is 0 Å². The molecule has 2 saturated heterocycles. The van der Waals surface area contributed by atoms with Crippen LogP contribution in [0.1, 0.15) is 12.0 Å². The van der Waals surface area contributed by atoms with Crippen molar-refractivity contribution in [2.75, 3.05) is 11.5 Å². The van der Waals surface area contributed by atoms with Crippen molar-refractivity contribution in [1.82, 2.24) is 4.90 Å². The van der Waals surface area contributed by atoms with Crippen LogP contribution < -0.4 is 4.74 Å². The largest absolute Gasteiger partial charge is 0.457 e. The molecule has 28 heavy (non-hydrogen) atoms. The maximum atomic E-state index is 12.8. The Morgan fingerprint density at radius 2 is 1.86 bits per heavy atom. The Bertz CT molecular complexity index is 1060. The topological polar surface area (TPSA) is 63.7 Å². The minimum atomic E-state index is -3.09. The number of sulfone groups is 1. The summed E-state index contributed by atoms with van der Waals surface area (Å²) in [7, 11) is -3.09. The second-order valence-corrected chi connectivity index (χ2v) is 10.5. The van der Waals surface area contributed by atoms with Gasteiger partial charge in [-0.3, -0.25) is 9.69 Å². The lowest BCUT2D eigenvalue weighted by atomic mass is 10.2. The fraction of sp³-hybridized carbons (Fsp3) is 0.200. The molecule has 0 bridgehead atoms. The summed E-state index contributed by atoms with van der Waals surface area (Å²) >= 11 is 6.55. The van der Waals surface area contributed by atoms with Gasteiger partial charge in [0.25, 0.3) is 5.91 Å². The number of ether oxygens (including phenoxy) is 1. The molecule has 0 unspecified atom stereocenters. The molecule has 144 valence electrons. The molecule has 2 aromatic carbocycles. The molecule has 2 aliphatic rings. The number of amides is 1. The number of thioether (sulfide) groups is 1. The number of nitrogens with zero attached hydrogens (tertiary/aromatic N) is 1. The Hall–Kier alpha value is -2.16. The molecular weight excluding hydrogens is 414 g/mol. The Morgan fingerprint density at radius 1 is 1.11 bits per heavy atom. The van der Waals surface area contributed by atoms with Gasteiger partial charge >= 0.3 is 0 Å². The van der Waals surface area contributed by atoms with Gasteiger partial charge < -0.3 is 4.74 Å². The Balaban J connectivity index is 1.54. The van der Waals surface area contributed by atoms with Crippen LogP contribution in [0.25, 0.3) is 6.08 Å². The van der Waals surface area contributed by atoms with Gasteiger partial charge in [-0.1, -0.05) is 54.3 Å². The molecule has 2 heterocycles. The first-order chi connectivity index (χ1) is 13.4. The van der Waals surface area contributed by atoms with Crippen LogP contribution in [0.2, 0.25) is 0 Å². The van der Waals surface area contributed by atoms with Gasteiger partial charge in [0.05, 0.1) is 22.5 Å². The predicted molar refractivity (Wildman–Crippen MR) is 115 cm³/mol. The van der Waals surface area contributed by atoms with Crippen molar-refractivity contribution in [3.8, 4) is 11.5 Å². The lowest BCUT2D eigenvalue weighted by molar-refractivity contribution is -0.123. The van der Waals surface area contributed by atoms with E-state index in [1.807, 2.05) is 54.6 Å². The monoisotopic (exact) mass is 431 g/mol. The van der Waals surface area contributed by atoms with Gasteiger partial charge in [0.2, 0.25) is 0 Å². The van der Waals surface area contributed by atoms with E-state index in [0.29, 0.717) is 21.4 Å². The highest BCUT2D eigenvalue weighted by atomic mass is 32.2. The zero-order valence-electron chi connectivity index (χ0n) is 14.8. The number of thiocarbonyl (C=S) groups is 1. The van der Waals surface area contributed by atoms with E-state index in [0.717, 1.165) is 11.3 Å². The normalized spacial score (nSPS) is 22.8. The lowest BCUT2D eigenvalue weighted by Crippen LogP contribution is -2.39. The highest BCUT2D eigenvalue weighted by Gasteiger charge is 2.42. The van der Waals surface area contributed by atoms with Crippen LogP contribution in [0.3, 0.4) is 0 Å². The summed E-state index contributed by atoms with van der Waals surface area (Å²) in [4.78, 5) is 14.8. The van der Waals surface area contributed by atoms with E-state index >= 15 is 0 Å². The van der Waals surface area contributed by atoms with Crippen molar-refractivity contribution in [2.24, 2.45) is 0 Å². The van der Waals surface area contributed by atoms with Crippen molar-refractivity contribution in [3.05, 3.63) is 65.1 Å². The molecule has 0 N–H and O–H groups in total. The zero-order valence-corrected chi connectivity index (χ0v) is 17.2. The molecule has 0 aromatic heterocycles. The first-order valence-electron chi connectivity index (χ1n) is 8.72. The van der Waals surface area contributed by atoms with E-state index in [1.165, 1.54) is 16.7 Å². The molecule has 8 heteroatoms. The number of hydrogen-bond acceptors (Lipinski definition) is 6. The minimum Gasteiger partial charge on any atom is -0.457 e. The van der Waals surface area contributed by atoms with Crippen LogP contribution in [0.4, 0.5) is 0 Å². The molecule has 2 fully saturated rings. The summed E-state index contributed by atoms with van der Waals surface area (Å²) in [6, 6.07) is 16.5. The Labute approximate surface area is 173 Å². The molecule has 4 rings (SSSR count). The van der Waals surface area contributed by atoms with E-state index in [9.17, 15) is 13.2 Å². The summed E-state index contributed by atoms with van der Waals surface area (Å²) < 4.78 is 29.8. The van der Waals surface area contributed by atoms with Crippen LogP contribution in [0.5, 0.6) is 11.5 Å². The van der Waals surface area contributed by atoms with Crippen LogP contribution in [0.15, 0.2) is 59.5 Å². The van der Waals surface area contributed by atoms with Crippen LogP contribution in [-0.2, 0) is 14.6 Å². The van der Waals surface area contributed by atoms with Gasteiger partial charge in [-0.25, -0.2) is 8.42 Å². The zero-order chi connectivity index (χ0) is 19.7. The summed E-state index contributed by atoms with van der Waals surface area (Å²) in [5, 5.41) is 0. The van der Waals surface area contributed by atoms with Crippen LogP contribution in [0, 0.1) is 0 Å². The summed E-state index contributed by atoms with van der Waals surface area (Å²) in [6.07, 6.45) is 2.20. The lowest BCUT2D eigenvalue weighted by Gasteiger charge is -2.20. The standard InChI is InChI=1S/C20H17NO4S3/c22-19-18(27-20(26)21(19)15-9-10-28(23,24)13-15)12-14-5-4-8-17(11-14)25-16-6-2-1-3-7-16/h1-8,11-12,15H,9-10,13H2/b18-12-/t15-/m1/s1. The molecule has 1 amide bonds. The average Bonchev–Trinajstić information content (AvgIpc) is 3.14. The second kappa shape index (κ2) is 7.69. The minimum absolute atomic E-state index is 0.0207. The van der Waals surface area contributed by atoms with Gasteiger partial charge in [-0.15, -0.1) is 0 Å². The molecular formula is C20H17NO4S3. The maximum absolute atomic E-state index is 12.8. The predicted octanol–water partition coefficient (Wildman–Crippen LogP) is 3.87. The third-order valence-corrected chi connectivity index (χ3v) is 7.61. The van der Waals surface area contributed by atoms with E-state index < -0.39 is 9.84 Å². The number of rotatable bonds is 4. The number of carbonyl (C=O) groups is 1. The summed E-state index contributed by atoms with van der Waals surface area (Å²) in [6.45, 7) is 0. The third-order valence-electron chi connectivity index (χ3n) is 4.53. The Kier molecular flexibility index (Phi) is 5.27. The molecule has 0 radical (unpaired) electrons. The van der Waals surface area contributed by atoms with Gasteiger partial charge in [0, 0.05) is 0 Å². The van der Waals surface area contributed by atoms with E-state index in [1.54, 1.807) is 6.08 Å². The number of hydrogen-bond donors (Lipinski definition) is 0. The Morgan fingerprint density at radius 3 is 2.57 bits per heavy atom. The first kappa shape index (κ1) is 19.2. The first-order valence-corrected chi connectivity index (χ1v) is 11.8. The number of carbonyl (C=O) groups excluding carboxylic acids is 1. The van der Waals surface area contributed by atoms with E-state index in [4.69, 9.17) is 17.0 Å². The number of benzene rings is 2. The quantitative estimate of drug-likeness (QED) is 0.541. The van der Waals surface area contributed by atoms with Crippen molar-refractivity contribution < 1.29 is 17.9 Å². The van der Waals surface area contributed by atoms with Gasteiger partial charge in [-0.05, 0) is 42.3 Å². The van der Waals surface area contributed by atoms with Crippen molar-refractivity contribution in [2.45, 2.75) is 12.5 Å². The van der Waals surface area contributed by atoms with Crippen molar-refractivity contribution >= 4 is 50.1 Å². The van der Waals surface area contributed by atoms with Crippen LogP contribution >= 0.6 is 24.0 Å². The molecule has 0 aliphatic carbocycles. The molecule has 2 aliphatic heterocycles. The summed E-state index contributed by atoms with van der Waals surface area (Å²) in [5.41, 5.74) is 0.813. The van der Waals surface area contributed by atoms with Gasteiger partial charge in [-0.2, -0.15) is 0 Å². The molecule has 0 spiro atoms. The second-order valence-electron chi connectivity index (χ2n) is 6.60. The van der Waals surface area contributed by atoms with Gasteiger partial charge in [0.15, 0.2) is 9.84 Å². The van der Waals surface area contributed by atoms with Crippen LogP contribution in [-0.4, -0.2) is 41.1 Å². The molecule has 1 atom stereocenters. The fourth-order valence-electron chi connectivity index (χ4n) is 3.22. The smallest absolute Gasteiger partial charge is 0.266 e. The third kappa shape index (κ3) is 4.14. The fourth-order valence-corrected chi connectivity index (χ4v) is 6.32. The van der Waals surface area contributed by atoms with Crippen molar-refractivity contribution in [3.63, 3.8) is 0 Å². The highest BCUT2D eigenvalue weighted by Crippen LogP contribution is 2.36. The summed E-state index contributed by atoms with van der Waals surface area (Å²) in [5.74, 6) is 1.25. The number of para-hydroxylation sites is 1. The maximum Gasteiger partial charge on any atom is 0.266 e. The average molecular weight is 432 g/mol. The molecule has 0 saturated carbocycles. The van der Waals surface area contributed by atoms with Gasteiger partial charge in [0.1, 0.15) is 15.8 Å². The SMILES string of the molecule is O=C1/C(=C/c2cccc(Oc3ccccc3)c2)SC(=S)N1[C@@H]1CCS(=O)(=O)C1.